The van der Waals surface area contributed by atoms with Crippen LogP contribution in [0.3, 0.4) is 0 Å². The highest BCUT2D eigenvalue weighted by Crippen LogP contribution is 2.32. The summed E-state index contributed by atoms with van der Waals surface area (Å²) in [6, 6.07) is 5.17. The number of benzene rings is 1. The van der Waals surface area contributed by atoms with E-state index in [9.17, 15) is 4.39 Å². The van der Waals surface area contributed by atoms with Crippen LogP contribution in [0.2, 0.25) is 0 Å². The zero-order valence-corrected chi connectivity index (χ0v) is 10.9. The first-order chi connectivity index (χ1) is 8.22. The van der Waals surface area contributed by atoms with Crippen molar-refractivity contribution in [1.29, 1.82) is 0 Å². The predicted octanol–water partition coefficient (Wildman–Crippen LogP) is 3.49. The van der Waals surface area contributed by atoms with Gasteiger partial charge < -0.3 is 11.1 Å². The molecule has 2 rings (SSSR count). The molecule has 0 radical (unpaired) electrons. The molecular formula is C13H19FN2S. The van der Waals surface area contributed by atoms with E-state index >= 15 is 0 Å². The molecule has 0 aromatic heterocycles. The van der Waals surface area contributed by atoms with E-state index in [4.69, 9.17) is 5.73 Å². The normalized spacial score (nSPS) is 24.6. The molecule has 4 heteroatoms. The first kappa shape index (κ1) is 12.6. The van der Waals surface area contributed by atoms with Gasteiger partial charge in [0, 0.05) is 11.3 Å². The monoisotopic (exact) mass is 254 g/mol. The number of nitrogens with two attached hydrogens (primary N) is 1. The highest BCUT2D eigenvalue weighted by molar-refractivity contribution is 7.99. The van der Waals surface area contributed by atoms with Crippen molar-refractivity contribution in [2.24, 2.45) is 0 Å². The summed E-state index contributed by atoms with van der Waals surface area (Å²) in [5, 5.41) is 3.86. The summed E-state index contributed by atoms with van der Waals surface area (Å²) in [5.74, 6) is -0.254. The van der Waals surface area contributed by atoms with Crippen molar-refractivity contribution < 1.29 is 4.39 Å². The predicted molar refractivity (Wildman–Crippen MR) is 74.0 cm³/mol. The maximum atomic E-state index is 13.7. The smallest absolute Gasteiger partial charge is 0.148 e. The summed E-state index contributed by atoms with van der Waals surface area (Å²) in [5.41, 5.74) is 6.78. The van der Waals surface area contributed by atoms with Gasteiger partial charge in [0.05, 0.1) is 11.4 Å². The summed E-state index contributed by atoms with van der Waals surface area (Å²) >= 11 is 1.86. The third-order valence-corrected chi connectivity index (χ3v) is 4.55. The Morgan fingerprint density at radius 3 is 2.82 bits per heavy atom. The molecule has 2 unspecified atom stereocenters. The Morgan fingerprint density at radius 1 is 1.35 bits per heavy atom. The molecule has 17 heavy (non-hydrogen) atoms. The SMILES string of the molecule is CSC1CCCCC1Nc1c(N)cccc1F. The van der Waals surface area contributed by atoms with Gasteiger partial charge in [-0.25, -0.2) is 4.39 Å². The van der Waals surface area contributed by atoms with E-state index < -0.39 is 0 Å². The molecule has 0 spiro atoms. The molecule has 1 saturated carbocycles. The standard InChI is InChI=1S/C13H19FN2S/c1-17-12-8-3-2-7-11(12)16-13-9(14)5-4-6-10(13)15/h4-6,11-12,16H,2-3,7-8,15H2,1H3. The zero-order valence-electron chi connectivity index (χ0n) is 10.1. The van der Waals surface area contributed by atoms with Crippen molar-refractivity contribution in [3.8, 4) is 0 Å². The lowest BCUT2D eigenvalue weighted by atomic mass is 9.94. The maximum absolute atomic E-state index is 13.7. The van der Waals surface area contributed by atoms with E-state index in [1.165, 1.54) is 25.3 Å². The minimum atomic E-state index is -0.254. The number of hydrogen-bond acceptors (Lipinski definition) is 3. The van der Waals surface area contributed by atoms with Crippen molar-refractivity contribution in [2.45, 2.75) is 37.0 Å². The molecule has 1 aromatic carbocycles. The lowest BCUT2D eigenvalue weighted by Crippen LogP contribution is -2.34. The van der Waals surface area contributed by atoms with E-state index in [1.54, 1.807) is 12.1 Å². The molecular weight excluding hydrogens is 235 g/mol. The number of rotatable bonds is 3. The van der Waals surface area contributed by atoms with E-state index in [0.717, 1.165) is 6.42 Å². The molecule has 0 amide bonds. The Kier molecular flexibility index (Phi) is 4.15. The fourth-order valence-electron chi connectivity index (χ4n) is 2.42. The second-order valence-electron chi connectivity index (χ2n) is 4.51. The van der Waals surface area contributed by atoms with E-state index in [1.807, 2.05) is 11.8 Å². The first-order valence-corrected chi connectivity index (χ1v) is 7.34. The fourth-order valence-corrected chi connectivity index (χ4v) is 3.36. The van der Waals surface area contributed by atoms with Crippen LogP contribution in [0, 0.1) is 5.82 Å². The van der Waals surface area contributed by atoms with Crippen molar-refractivity contribution in [2.75, 3.05) is 17.3 Å². The zero-order chi connectivity index (χ0) is 12.3. The number of nitrogen functional groups attached to an aromatic ring is 1. The van der Waals surface area contributed by atoms with Gasteiger partial charge in [0.15, 0.2) is 0 Å². The number of halogens is 1. The lowest BCUT2D eigenvalue weighted by molar-refractivity contribution is 0.473. The van der Waals surface area contributed by atoms with Crippen LogP contribution in [-0.2, 0) is 0 Å². The minimum absolute atomic E-state index is 0.254. The number of thioether (sulfide) groups is 1. The lowest BCUT2D eigenvalue weighted by Gasteiger charge is -2.32. The molecule has 3 N–H and O–H groups in total. The third-order valence-electron chi connectivity index (χ3n) is 3.38. The summed E-state index contributed by atoms with van der Waals surface area (Å²) in [7, 11) is 0. The van der Waals surface area contributed by atoms with Gasteiger partial charge in [-0.1, -0.05) is 18.9 Å². The van der Waals surface area contributed by atoms with Crippen LogP contribution in [0.1, 0.15) is 25.7 Å². The average Bonchev–Trinajstić information content (AvgIpc) is 2.34. The fraction of sp³-hybridized carbons (Fsp3) is 0.538. The number of anilines is 2. The highest BCUT2D eigenvalue weighted by atomic mass is 32.2. The van der Waals surface area contributed by atoms with Gasteiger partial charge in [0.1, 0.15) is 5.82 Å². The second-order valence-corrected chi connectivity index (χ2v) is 5.59. The minimum Gasteiger partial charge on any atom is -0.397 e. The van der Waals surface area contributed by atoms with Gasteiger partial charge >= 0.3 is 0 Å². The largest absolute Gasteiger partial charge is 0.397 e. The van der Waals surface area contributed by atoms with E-state index in [2.05, 4.69) is 11.6 Å². The van der Waals surface area contributed by atoms with Crippen molar-refractivity contribution >= 4 is 23.1 Å². The van der Waals surface area contributed by atoms with Crippen molar-refractivity contribution in [3.05, 3.63) is 24.0 Å². The topological polar surface area (TPSA) is 38.0 Å². The molecule has 0 bridgehead atoms. The molecule has 1 aliphatic rings. The Balaban J connectivity index is 2.13. The first-order valence-electron chi connectivity index (χ1n) is 6.05. The van der Waals surface area contributed by atoms with Crippen molar-refractivity contribution in [1.82, 2.24) is 0 Å². The molecule has 2 nitrogen and oxygen atoms in total. The summed E-state index contributed by atoms with van der Waals surface area (Å²) < 4.78 is 13.7. The van der Waals surface area contributed by atoms with Crippen LogP contribution in [0.4, 0.5) is 15.8 Å². The van der Waals surface area contributed by atoms with Crippen molar-refractivity contribution in [3.63, 3.8) is 0 Å². The maximum Gasteiger partial charge on any atom is 0.148 e. The second kappa shape index (κ2) is 5.63. The van der Waals surface area contributed by atoms with Gasteiger partial charge in [-0.3, -0.25) is 0 Å². The molecule has 2 atom stereocenters. The van der Waals surface area contributed by atoms with E-state index in [0.29, 0.717) is 22.7 Å². The van der Waals surface area contributed by atoms with Crippen LogP contribution < -0.4 is 11.1 Å². The number of hydrogen-bond donors (Lipinski definition) is 2. The summed E-state index contributed by atoms with van der Waals surface area (Å²) in [6.07, 6.45) is 6.90. The Bertz CT molecular complexity index is 363. The van der Waals surface area contributed by atoms with Crippen LogP contribution in [0.5, 0.6) is 0 Å². The molecule has 0 saturated heterocycles. The van der Waals surface area contributed by atoms with Gasteiger partial charge in [0.25, 0.3) is 0 Å². The average molecular weight is 254 g/mol. The quantitative estimate of drug-likeness (QED) is 0.811. The van der Waals surface area contributed by atoms with Gasteiger partial charge in [0.2, 0.25) is 0 Å². The third kappa shape index (κ3) is 2.86. The summed E-state index contributed by atoms with van der Waals surface area (Å²) in [6.45, 7) is 0. The Morgan fingerprint density at radius 2 is 2.12 bits per heavy atom. The molecule has 0 heterocycles. The molecule has 94 valence electrons. The Labute approximate surface area is 106 Å². The molecule has 1 fully saturated rings. The Hall–Kier alpha value is -0.900. The highest BCUT2D eigenvalue weighted by Gasteiger charge is 2.25. The van der Waals surface area contributed by atoms with Gasteiger partial charge in [-0.15, -0.1) is 0 Å². The van der Waals surface area contributed by atoms with Crippen LogP contribution in [0.25, 0.3) is 0 Å². The van der Waals surface area contributed by atoms with Crippen LogP contribution >= 0.6 is 11.8 Å². The van der Waals surface area contributed by atoms with E-state index in [-0.39, 0.29) is 5.82 Å². The number of para-hydroxylation sites is 1. The van der Waals surface area contributed by atoms with Gasteiger partial charge in [-0.05, 0) is 31.2 Å². The van der Waals surface area contributed by atoms with Crippen LogP contribution in [0.15, 0.2) is 18.2 Å². The van der Waals surface area contributed by atoms with Crippen LogP contribution in [-0.4, -0.2) is 17.5 Å². The molecule has 0 aliphatic heterocycles. The summed E-state index contributed by atoms with van der Waals surface area (Å²) in [4.78, 5) is 0. The number of nitrogens with one attached hydrogen (secondary N) is 1. The van der Waals surface area contributed by atoms with Gasteiger partial charge in [-0.2, -0.15) is 11.8 Å². The molecule has 1 aliphatic carbocycles. The molecule has 1 aromatic rings.